The molecule has 0 spiro atoms. The molecule has 1 aromatic heterocycles. The summed E-state index contributed by atoms with van der Waals surface area (Å²) < 4.78 is 0. The molecule has 2 N–H and O–H groups in total. The third-order valence-corrected chi connectivity index (χ3v) is 2.26. The number of anilines is 1. The van der Waals surface area contributed by atoms with Crippen LogP contribution in [0.3, 0.4) is 0 Å². The van der Waals surface area contributed by atoms with Crippen LogP contribution in [0.5, 0.6) is 0 Å². The molecular weight excluding hydrogens is 188 g/mol. The molecule has 1 heterocycles. The molecule has 3 nitrogen and oxygen atoms in total. The molecule has 0 fully saturated rings. The van der Waals surface area contributed by atoms with Crippen molar-refractivity contribution in [3.63, 3.8) is 0 Å². The van der Waals surface area contributed by atoms with Gasteiger partial charge in [0.1, 0.15) is 5.82 Å². The van der Waals surface area contributed by atoms with E-state index >= 15 is 0 Å². The van der Waals surface area contributed by atoms with Crippen molar-refractivity contribution in [2.24, 2.45) is 5.92 Å². The first-order valence-corrected chi connectivity index (χ1v) is 5.43. The minimum atomic E-state index is -0.229. The van der Waals surface area contributed by atoms with Gasteiger partial charge in [0.2, 0.25) is 0 Å². The molecule has 15 heavy (non-hydrogen) atoms. The Balaban J connectivity index is 2.36. The highest BCUT2D eigenvalue weighted by Crippen LogP contribution is 2.08. The predicted molar refractivity (Wildman–Crippen MR) is 62.9 cm³/mol. The number of pyridine rings is 1. The second-order valence-electron chi connectivity index (χ2n) is 4.24. The number of nitrogens with one attached hydrogen (secondary N) is 1. The Bertz CT molecular complexity index is 299. The van der Waals surface area contributed by atoms with Gasteiger partial charge in [-0.25, -0.2) is 4.98 Å². The van der Waals surface area contributed by atoms with Crippen molar-refractivity contribution in [3.8, 4) is 0 Å². The number of aryl methyl sites for hydroxylation is 1. The van der Waals surface area contributed by atoms with Gasteiger partial charge in [-0.05, 0) is 38.3 Å². The highest BCUT2D eigenvalue weighted by Gasteiger charge is 2.05. The van der Waals surface area contributed by atoms with Crippen molar-refractivity contribution in [2.75, 3.05) is 11.9 Å². The Labute approximate surface area is 91.5 Å². The quantitative estimate of drug-likeness (QED) is 0.779. The molecule has 1 rings (SSSR count). The molecule has 0 aromatic carbocycles. The Morgan fingerprint density at radius 2 is 2.13 bits per heavy atom. The molecule has 0 saturated heterocycles. The molecule has 0 radical (unpaired) electrons. The van der Waals surface area contributed by atoms with E-state index in [4.69, 9.17) is 0 Å². The summed E-state index contributed by atoms with van der Waals surface area (Å²) in [6, 6.07) is 5.93. The number of aliphatic hydroxyl groups is 1. The van der Waals surface area contributed by atoms with Crippen LogP contribution in [0.15, 0.2) is 18.2 Å². The molecule has 0 aliphatic heterocycles. The lowest BCUT2D eigenvalue weighted by molar-refractivity contribution is 0.166. The first-order chi connectivity index (χ1) is 7.08. The van der Waals surface area contributed by atoms with Gasteiger partial charge in [-0.2, -0.15) is 0 Å². The van der Waals surface area contributed by atoms with E-state index in [1.165, 1.54) is 0 Å². The van der Waals surface area contributed by atoms with Crippen molar-refractivity contribution >= 4 is 5.82 Å². The van der Waals surface area contributed by atoms with E-state index in [2.05, 4.69) is 17.2 Å². The molecule has 3 heteroatoms. The highest BCUT2D eigenvalue weighted by atomic mass is 16.3. The monoisotopic (exact) mass is 208 g/mol. The Morgan fingerprint density at radius 3 is 2.73 bits per heavy atom. The molecule has 2 atom stereocenters. The minimum Gasteiger partial charge on any atom is -0.393 e. The fourth-order valence-corrected chi connectivity index (χ4v) is 1.59. The number of hydrogen-bond acceptors (Lipinski definition) is 3. The van der Waals surface area contributed by atoms with Gasteiger partial charge in [-0.1, -0.05) is 13.0 Å². The second kappa shape index (κ2) is 5.71. The third kappa shape index (κ3) is 4.79. The van der Waals surface area contributed by atoms with Gasteiger partial charge in [0, 0.05) is 12.2 Å². The maximum atomic E-state index is 9.22. The largest absolute Gasteiger partial charge is 0.393 e. The molecule has 1 aromatic rings. The lowest BCUT2D eigenvalue weighted by Gasteiger charge is -2.14. The Kier molecular flexibility index (Phi) is 4.56. The van der Waals surface area contributed by atoms with Crippen LogP contribution in [0, 0.1) is 12.8 Å². The van der Waals surface area contributed by atoms with Gasteiger partial charge in [-0.3, -0.25) is 0 Å². The normalized spacial score (nSPS) is 14.7. The van der Waals surface area contributed by atoms with Crippen LogP contribution in [0.25, 0.3) is 0 Å². The van der Waals surface area contributed by atoms with Gasteiger partial charge in [0.25, 0.3) is 0 Å². The van der Waals surface area contributed by atoms with Crippen LogP contribution >= 0.6 is 0 Å². The van der Waals surface area contributed by atoms with E-state index in [1.54, 1.807) is 0 Å². The fourth-order valence-electron chi connectivity index (χ4n) is 1.59. The minimum absolute atomic E-state index is 0.229. The summed E-state index contributed by atoms with van der Waals surface area (Å²) in [5, 5.41) is 12.5. The average Bonchev–Trinajstić information content (AvgIpc) is 2.14. The number of aromatic nitrogens is 1. The van der Waals surface area contributed by atoms with E-state index in [0.29, 0.717) is 5.92 Å². The Morgan fingerprint density at radius 1 is 1.40 bits per heavy atom. The number of hydrogen-bond donors (Lipinski definition) is 2. The van der Waals surface area contributed by atoms with Crippen molar-refractivity contribution in [3.05, 3.63) is 23.9 Å². The summed E-state index contributed by atoms with van der Waals surface area (Å²) in [6.07, 6.45) is 0.589. The number of nitrogens with zero attached hydrogens (tertiary/aromatic N) is 1. The van der Waals surface area contributed by atoms with E-state index in [0.717, 1.165) is 24.5 Å². The van der Waals surface area contributed by atoms with Crippen LogP contribution in [0.4, 0.5) is 5.82 Å². The summed E-state index contributed by atoms with van der Waals surface area (Å²) in [4.78, 5) is 4.35. The molecule has 0 saturated carbocycles. The molecule has 0 aliphatic carbocycles. The number of aliphatic hydroxyl groups excluding tert-OH is 1. The summed E-state index contributed by atoms with van der Waals surface area (Å²) in [5.74, 6) is 1.36. The standard InChI is InChI=1S/C12H20N2O/c1-9(7-11(3)15)8-13-12-6-4-5-10(2)14-12/h4-6,9,11,15H,7-8H2,1-3H3,(H,13,14). The van der Waals surface area contributed by atoms with Crippen LogP contribution in [-0.4, -0.2) is 22.7 Å². The van der Waals surface area contributed by atoms with Gasteiger partial charge in [0.15, 0.2) is 0 Å². The van der Waals surface area contributed by atoms with Crippen LogP contribution in [0.2, 0.25) is 0 Å². The van der Waals surface area contributed by atoms with Gasteiger partial charge >= 0.3 is 0 Å². The lowest BCUT2D eigenvalue weighted by atomic mass is 10.1. The maximum Gasteiger partial charge on any atom is 0.126 e. The van der Waals surface area contributed by atoms with Crippen LogP contribution in [0.1, 0.15) is 26.0 Å². The average molecular weight is 208 g/mol. The number of rotatable bonds is 5. The van der Waals surface area contributed by atoms with Crippen LogP contribution < -0.4 is 5.32 Å². The van der Waals surface area contributed by atoms with E-state index in [1.807, 2.05) is 32.0 Å². The molecule has 0 aliphatic rings. The zero-order chi connectivity index (χ0) is 11.3. The van der Waals surface area contributed by atoms with E-state index in [-0.39, 0.29) is 6.10 Å². The predicted octanol–water partition coefficient (Wildman–Crippen LogP) is 2.21. The summed E-state index contributed by atoms with van der Waals surface area (Å²) in [6.45, 7) is 6.77. The molecule has 84 valence electrons. The van der Waals surface area contributed by atoms with Gasteiger partial charge in [-0.15, -0.1) is 0 Å². The SMILES string of the molecule is Cc1cccc(NCC(C)CC(C)O)n1. The second-order valence-corrected chi connectivity index (χ2v) is 4.24. The van der Waals surface area contributed by atoms with Crippen LogP contribution in [-0.2, 0) is 0 Å². The molecular formula is C12H20N2O. The van der Waals surface area contributed by atoms with Gasteiger partial charge in [0.05, 0.1) is 6.10 Å². The first kappa shape index (κ1) is 12.0. The smallest absolute Gasteiger partial charge is 0.126 e. The van der Waals surface area contributed by atoms with E-state index in [9.17, 15) is 5.11 Å². The molecule has 2 unspecified atom stereocenters. The van der Waals surface area contributed by atoms with Crippen molar-refractivity contribution in [1.29, 1.82) is 0 Å². The fraction of sp³-hybridized carbons (Fsp3) is 0.583. The summed E-state index contributed by atoms with van der Waals surface area (Å²) in [5.41, 5.74) is 1.02. The summed E-state index contributed by atoms with van der Waals surface area (Å²) >= 11 is 0. The summed E-state index contributed by atoms with van der Waals surface area (Å²) in [7, 11) is 0. The zero-order valence-electron chi connectivity index (χ0n) is 9.70. The van der Waals surface area contributed by atoms with Gasteiger partial charge < -0.3 is 10.4 Å². The topological polar surface area (TPSA) is 45.1 Å². The Hall–Kier alpha value is -1.09. The maximum absolute atomic E-state index is 9.22. The highest BCUT2D eigenvalue weighted by molar-refractivity contribution is 5.34. The zero-order valence-corrected chi connectivity index (χ0v) is 9.70. The van der Waals surface area contributed by atoms with Crippen molar-refractivity contribution in [1.82, 2.24) is 4.98 Å². The van der Waals surface area contributed by atoms with Crippen molar-refractivity contribution in [2.45, 2.75) is 33.3 Å². The molecule has 0 amide bonds. The lowest BCUT2D eigenvalue weighted by Crippen LogP contribution is -2.16. The van der Waals surface area contributed by atoms with Crippen molar-refractivity contribution < 1.29 is 5.11 Å². The molecule has 0 bridgehead atoms. The third-order valence-electron chi connectivity index (χ3n) is 2.26. The van der Waals surface area contributed by atoms with E-state index < -0.39 is 0 Å². The first-order valence-electron chi connectivity index (χ1n) is 5.43.